The topological polar surface area (TPSA) is 104 Å². The number of hydrogen-bond acceptors (Lipinski definition) is 4. The molecule has 0 atom stereocenters. The van der Waals surface area contributed by atoms with Crippen LogP contribution < -0.4 is 5.32 Å². The first-order valence-electron chi connectivity index (χ1n) is 8.22. The third kappa shape index (κ3) is 2.98. The van der Waals surface area contributed by atoms with Gasteiger partial charge >= 0.3 is 0 Å². The van der Waals surface area contributed by atoms with E-state index in [1.807, 2.05) is 27.7 Å². The molecule has 2 aromatic heterocycles. The highest BCUT2D eigenvalue weighted by atomic mass is 16.2. The van der Waals surface area contributed by atoms with E-state index in [0.29, 0.717) is 29.3 Å². The summed E-state index contributed by atoms with van der Waals surface area (Å²) in [4.78, 5) is 32.0. The molecule has 24 heavy (non-hydrogen) atoms. The predicted molar refractivity (Wildman–Crippen MR) is 89.1 cm³/mol. The van der Waals surface area contributed by atoms with Gasteiger partial charge in [0.1, 0.15) is 11.5 Å². The molecule has 128 valence electrons. The number of rotatable bonds is 3. The maximum atomic E-state index is 12.5. The van der Waals surface area contributed by atoms with Gasteiger partial charge in [0.25, 0.3) is 5.91 Å². The molecule has 1 aliphatic rings. The van der Waals surface area contributed by atoms with Gasteiger partial charge in [0.2, 0.25) is 0 Å². The fourth-order valence-electron chi connectivity index (χ4n) is 2.96. The van der Waals surface area contributed by atoms with Gasteiger partial charge in [0, 0.05) is 23.1 Å². The number of Topliss-reactive ketones (excluding diaryl/α,β-unsaturated/α-hetero) is 1. The molecule has 7 heteroatoms. The Bertz CT molecular complexity index is 794. The van der Waals surface area contributed by atoms with Crippen molar-refractivity contribution in [2.24, 2.45) is 0 Å². The number of hydrogen-bond donors (Lipinski definition) is 3. The highest BCUT2D eigenvalue weighted by Gasteiger charge is 2.26. The van der Waals surface area contributed by atoms with Gasteiger partial charge in [-0.1, -0.05) is 20.8 Å². The monoisotopic (exact) mass is 329 g/mol. The summed E-state index contributed by atoms with van der Waals surface area (Å²) in [6, 6.07) is 0. The fourth-order valence-corrected chi connectivity index (χ4v) is 2.96. The van der Waals surface area contributed by atoms with Crippen molar-refractivity contribution in [1.29, 1.82) is 0 Å². The maximum Gasteiger partial charge on any atom is 0.268 e. The van der Waals surface area contributed by atoms with Crippen LogP contribution in [0, 0.1) is 6.92 Å². The second-order valence-electron chi connectivity index (χ2n) is 7.29. The van der Waals surface area contributed by atoms with Crippen LogP contribution in [0.3, 0.4) is 0 Å². The summed E-state index contributed by atoms with van der Waals surface area (Å²) >= 11 is 0. The number of fused-ring (bicyclic) bond motifs is 1. The largest absolute Gasteiger partial charge is 0.354 e. The molecule has 0 fully saturated rings. The Morgan fingerprint density at radius 2 is 2.04 bits per heavy atom. The SMILES string of the molecule is Cc1c(C(=O)NCc2nc(C(C)(C)C)n[nH]2)[nH]c2c1C(=O)CCC2. The van der Waals surface area contributed by atoms with Crippen LogP contribution in [0.4, 0.5) is 0 Å². The lowest BCUT2D eigenvalue weighted by atomic mass is 9.94. The summed E-state index contributed by atoms with van der Waals surface area (Å²) in [6.45, 7) is 8.17. The second-order valence-corrected chi connectivity index (χ2v) is 7.29. The molecule has 3 rings (SSSR count). The minimum absolute atomic E-state index is 0.120. The van der Waals surface area contributed by atoms with E-state index in [2.05, 4.69) is 25.5 Å². The van der Waals surface area contributed by atoms with Crippen LogP contribution in [0.2, 0.25) is 0 Å². The number of carbonyl (C=O) groups is 2. The Labute approximate surface area is 140 Å². The zero-order valence-corrected chi connectivity index (χ0v) is 14.5. The van der Waals surface area contributed by atoms with Crippen LogP contribution in [0.1, 0.15) is 77.4 Å². The number of aromatic amines is 2. The first-order valence-corrected chi connectivity index (χ1v) is 8.22. The standard InChI is InChI=1S/C17H23N5O2/c1-9-13-10(6-5-7-11(13)23)19-14(9)15(24)18-8-12-20-16(22-21-12)17(2,3)4/h19H,5-8H2,1-4H3,(H,18,24)(H,20,21,22). The van der Waals surface area contributed by atoms with E-state index in [4.69, 9.17) is 0 Å². The van der Waals surface area contributed by atoms with Crippen molar-refractivity contribution in [3.05, 3.63) is 34.2 Å². The van der Waals surface area contributed by atoms with E-state index in [0.717, 1.165) is 24.1 Å². The average molecular weight is 329 g/mol. The number of H-pyrrole nitrogens is 2. The van der Waals surface area contributed by atoms with Crippen molar-refractivity contribution < 1.29 is 9.59 Å². The van der Waals surface area contributed by atoms with E-state index < -0.39 is 0 Å². The van der Waals surface area contributed by atoms with Gasteiger partial charge in [-0.15, -0.1) is 0 Å². The van der Waals surface area contributed by atoms with Crippen LogP contribution in [0.25, 0.3) is 0 Å². The Morgan fingerprint density at radius 3 is 2.67 bits per heavy atom. The number of carbonyl (C=O) groups excluding carboxylic acids is 2. The molecule has 3 N–H and O–H groups in total. The van der Waals surface area contributed by atoms with Crippen LogP contribution in [0.15, 0.2) is 0 Å². The lowest BCUT2D eigenvalue weighted by molar-refractivity contribution is 0.0944. The molecule has 0 aromatic carbocycles. The van der Waals surface area contributed by atoms with Crippen molar-refractivity contribution in [3.63, 3.8) is 0 Å². The molecule has 0 saturated heterocycles. The molecule has 0 bridgehead atoms. The Balaban J connectivity index is 1.72. The molecule has 1 amide bonds. The molecule has 0 aliphatic heterocycles. The molecule has 0 spiro atoms. The van der Waals surface area contributed by atoms with Crippen molar-refractivity contribution >= 4 is 11.7 Å². The van der Waals surface area contributed by atoms with Gasteiger partial charge in [0.15, 0.2) is 11.6 Å². The van der Waals surface area contributed by atoms with Gasteiger partial charge in [-0.3, -0.25) is 14.7 Å². The molecule has 2 heterocycles. The molecular weight excluding hydrogens is 306 g/mol. The van der Waals surface area contributed by atoms with E-state index in [1.54, 1.807) is 0 Å². The quantitative estimate of drug-likeness (QED) is 0.803. The first-order chi connectivity index (χ1) is 11.3. The molecular formula is C17H23N5O2. The minimum atomic E-state index is -0.233. The molecule has 1 aliphatic carbocycles. The van der Waals surface area contributed by atoms with E-state index >= 15 is 0 Å². The van der Waals surface area contributed by atoms with Gasteiger partial charge in [0.05, 0.1) is 6.54 Å². The highest BCUT2D eigenvalue weighted by Crippen LogP contribution is 2.26. The zero-order valence-electron chi connectivity index (χ0n) is 14.5. The van der Waals surface area contributed by atoms with E-state index in [1.165, 1.54) is 0 Å². The number of nitrogens with zero attached hydrogens (tertiary/aromatic N) is 2. The van der Waals surface area contributed by atoms with Crippen LogP contribution in [-0.4, -0.2) is 31.9 Å². The summed E-state index contributed by atoms with van der Waals surface area (Å²) in [5, 5.41) is 9.86. The molecule has 0 radical (unpaired) electrons. The lowest BCUT2D eigenvalue weighted by Crippen LogP contribution is -2.24. The Hall–Kier alpha value is -2.44. The molecule has 0 saturated carbocycles. The second kappa shape index (κ2) is 5.89. The van der Waals surface area contributed by atoms with Gasteiger partial charge < -0.3 is 10.3 Å². The zero-order chi connectivity index (χ0) is 17.5. The number of aryl methyl sites for hydroxylation is 1. The van der Waals surface area contributed by atoms with Crippen LogP contribution in [0.5, 0.6) is 0 Å². The number of aromatic nitrogens is 4. The summed E-state index contributed by atoms with van der Waals surface area (Å²) in [5.74, 6) is 1.21. The number of nitrogens with one attached hydrogen (secondary N) is 3. The van der Waals surface area contributed by atoms with Crippen molar-refractivity contribution in [3.8, 4) is 0 Å². The summed E-state index contributed by atoms with van der Waals surface area (Å²) in [6.07, 6.45) is 2.20. The third-order valence-electron chi connectivity index (χ3n) is 4.28. The highest BCUT2D eigenvalue weighted by molar-refractivity contribution is 6.04. The van der Waals surface area contributed by atoms with E-state index in [-0.39, 0.29) is 23.7 Å². The number of amides is 1. The summed E-state index contributed by atoms with van der Waals surface area (Å²) in [7, 11) is 0. The Kier molecular flexibility index (Phi) is 4.03. The fraction of sp³-hybridized carbons (Fsp3) is 0.529. The smallest absolute Gasteiger partial charge is 0.268 e. The third-order valence-corrected chi connectivity index (χ3v) is 4.28. The van der Waals surface area contributed by atoms with Crippen molar-refractivity contribution in [1.82, 2.24) is 25.5 Å². The van der Waals surface area contributed by atoms with Crippen molar-refractivity contribution in [2.75, 3.05) is 0 Å². The summed E-state index contributed by atoms with van der Waals surface area (Å²) in [5.41, 5.74) is 2.63. The normalized spacial score (nSPS) is 14.6. The summed E-state index contributed by atoms with van der Waals surface area (Å²) < 4.78 is 0. The predicted octanol–water partition coefficient (Wildman–Crippen LogP) is 2.19. The first kappa shape index (κ1) is 16.4. The van der Waals surface area contributed by atoms with Crippen LogP contribution in [-0.2, 0) is 18.4 Å². The lowest BCUT2D eigenvalue weighted by Gasteiger charge is -2.11. The molecule has 7 nitrogen and oxygen atoms in total. The average Bonchev–Trinajstić information content (AvgIpc) is 3.10. The van der Waals surface area contributed by atoms with Gasteiger partial charge in [-0.25, -0.2) is 4.98 Å². The molecule has 2 aromatic rings. The molecule has 0 unspecified atom stereocenters. The minimum Gasteiger partial charge on any atom is -0.354 e. The Morgan fingerprint density at radius 1 is 1.29 bits per heavy atom. The maximum absolute atomic E-state index is 12.5. The van der Waals surface area contributed by atoms with Gasteiger partial charge in [-0.05, 0) is 25.3 Å². The van der Waals surface area contributed by atoms with Crippen LogP contribution >= 0.6 is 0 Å². The van der Waals surface area contributed by atoms with Crippen molar-refractivity contribution in [2.45, 2.75) is 58.9 Å². The van der Waals surface area contributed by atoms with E-state index in [9.17, 15) is 9.59 Å². The van der Waals surface area contributed by atoms with Gasteiger partial charge in [-0.2, -0.15) is 5.10 Å². The number of ketones is 1.